The number of benzene rings is 2. The van der Waals surface area contributed by atoms with Crippen LogP contribution < -0.4 is 9.62 Å². The van der Waals surface area contributed by atoms with E-state index in [1.54, 1.807) is 42.5 Å². The number of anilines is 1. The Hall–Kier alpha value is -1.41. The number of hydrogen-bond acceptors (Lipinski definition) is 4. The number of sulfonamides is 1. The van der Waals surface area contributed by atoms with E-state index < -0.39 is 10.0 Å². The van der Waals surface area contributed by atoms with Gasteiger partial charge in [-0.1, -0.05) is 48.5 Å². The van der Waals surface area contributed by atoms with Gasteiger partial charge < -0.3 is 5.32 Å². The average molecular weight is 516 g/mol. The smallest absolute Gasteiger partial charge is 0.251 e. The molecule has 1 N–H and O–H groups in total. The zero-order valence-electron chi connectivity index (χ0n) is 18.0. The highest BCUT2D eigenvalue weighted by molar-refractivity contribution is 7.99. The number of thioether (sulfide) groups is 1. The van der Waals surface area contributed by atoms with Crippen molar-refractivity contribution in [3.63, 3.8) is 0 Å². The maximum atomic E-state index is 12.5. The summed E-state index contributed by atoms with van der Waals surface area (Å²) < 4.78 is 26.1. The zero-order valence-corrected chi connectivity index (χ0v) is 21.2. The molecule has 0 heterocycles. The Morgan fingerprint density at radius 1 is 1.06 bits per heavy atom. The highest BCUT2D eigenvalue weighted by Gasteiger charge is 2.21. The monoisotopic (exact) mass is 514 g/mol. The lowest BCUT2D eigenvalue weighted by Crippen LogP contribution is -2.30. The van der Waals surface area contributed by atoms with E-state index in [0.29, 0.717) is 38.7 Å². The van der Waals surface area contributed by atoms with Gasteiger partial charge in [-0.3, -0.25) is 9.10 Å². The Labute approximate surface area is 204 Å². The molecule has 0 aromatic heterocycles. The first-order chi connectivity index (χ1) is 15.3. The van der Waals surface area contributed by atoms with Gasteiger partial charge in [-0.15, -0.1) is 0 Å². The number of carbonyl (C=O) groups is 1. The van der Waals surface area contributed by atoms with Crippen LogP contribution in [0.25, 0.3) is 0 Å². The fourth-order valence-electron chi connectivity index (χ4n) is 3.73. The van der Waals surface area contributed by atoms with E-state index in [9.17, 15) is 13.2 Å². The van der Waals surface area contributed by atoms with Crippen molar-refractivity contribution in [3.8, 4) is 0 Å². The van der Waals surface area contributed by atoms with Gasteiger partial charge in [0.05, 0.1) is 18.5 Å². The van der Waals surface area contributed by atoms with E-state index in [2.05, 4.69) is 5.32 Å². The van der Waals surface area contributed by atoms with Crippen molar-refractivity contribution in [1.82, 2.24) is 5.32 Å². The van der Waals surface area contributed by atoms with Gasteiger partial charge in [0, 0.05) is 38.7 Å². The van der Waals surface area contributed by atoms with Crippen LogP contribution in [0.1, 0.15) is 48.0 Å². The predicted molar refractivity (Wildman–Crippen MR) is 136 cm³/mol. The van der Waals surface area contributed by atoms with Crippen molar-refractivity contribution in [2.75, 3.05) is 22.9 Å². The number of rotatable bonds is 9. The molecule has 32 heavy (non-hydrogen) atoms. The summed E-state index contributed by atoms with van der Waals surface area (Å²) in [5.74, 6) is 0.732. The van der Waals surface area contributed by atoms with Crippen LogP contribution in [-0.2, 0) is 16.6 Å². The van der Waals surface area contributed by atoms with Crippen molar-refractivity contribution in [2.24, 2.45) is 0 Å². The topological polar surface area (TPSA) is 66.5 Å². The maximum absolute atomic E-state index is 12.5. The highest BCUT2D eigenvalue weighted by Crippen LogP contribution is 2.30. The molecular weight excluding hydrogens is 487 g/mol. The lowest BCUT2D eigenvalue weighted by Gasteiger charge is -2.24. The highest BCUT2D eigenvalue weighted by atomic mass is 35.5. The Balaban J connectivity index is 1.62. The standard InChI is InChI=1S/C23H28Cl2N2O3S2/c1-32(29,30)27(16-20-21(24)8-5-9-22(20)25)18-12-10-17(11-13-18)23(28)26-14-15-31-19-6-3-2-4-7-19/h5,8-13,19H,2-4,6-7,14-16H2,1H3,(H,26,28). The fraction of sp³-hybridized carbons (Fsp3) is 0.435. The normalized spacial score (nSPS) is 14.8. The molecule has 0 spiro atoms. The first kappa shape index (κ1) is 25.2. The third kappa shape index (κ3) is 7.04. The number of hydrogen-bond donors (Lipinski definition) is 1. The molecule has 174 valence electrons. The van der Waals surface area contributed by atoms with Crippen LogP contribution >= 0.6 is 35.0 Å². The van der Waals surface area contributed by atoms with E-state index >= 15 is 0 Å². The van der Waals surface area contributed by atoms with E-state index in [1.807, 2.05) is 11.8 Å². The molecule has 0 unspecified atom stereocenters. The van der Waals surface area contributed by atoms with Crippen molar-refractivity contribution in [3.05, 3.63) is 63.6 Å². The second-order valence-corrected chi connectivity index (χ2v) is 12.0. The van der Waals surface area contributed by atoms with Gasteiger partial charge in [-0.25, -0.2) is 8.42 Å². The van der Waals surface area contributed by atoms with E-state index in [4.69, 9.17) is 23.2 Å². The SMILES string of the molecule is CS(=O)(=O)N(Cc1c(Cl)cccc1Cl)c1ccc(C(=O)NCCSC2CCCCC2)cc1. The molecule has 3 rings (SSSR count). The summed E-state index contributed by atoms with van der Waals surface area (Å²) in [6.45, 7) is 0.615. The average Bonchev–Trinajstić information content (AvgIpc) is 2.76. The molecule has 2 aromatic carbocycles. The summed E-state index contributed by atoms with van der Waals surface area (Å²) in [5.41, 5.74) is 1.45. The molecule has 1 fully saturated rings. The zero-order chi connectivity index (χ0) is 23.1. The lowest BCUT2D eigenvalue weighted by molar-refractivity contribution is 0.0956. The minimum Gasteiger partial charge on any atom is -0.351 e. The Bertz CT molecular complexity index is 1000. The summed E-state index contributed by atoms with van der Waals surface area (Å²) in [6, 6.07) is 11.6. The minimum atomic E-state index is -3.60. The number of amides is 1. The molecular formula is C23H28Cl2N2O3S2. The Morgan fingerprint density at radius 3 is 2.28 bits per heavy atom. The molecule has 0 aliphatic heterocycles. The van der Waals surface area contributed by atoms with Crippen LogP contribution in [0.2, 0.25) is 10.0 Å². The van der Waals surface area contributed by atoms with Crippen molar-refractivity contribution < 1.29 is 13.2 Å². The summed E-state index contributed by atoms with van der Waals surface area (Å²) in [6.07, 6.45) is 7.63. The Morgan fingerprint density at radius 2 is 1.69 bits per heavy atom. The van der Waals surface area contributed by atoms with Crippen LogP contribution in [0.4, 0.5) is 5.69 Å². The summed E-state index contributed by atoms with van der Waals surface area (Å²) in [7, 11) is -3.60. The summed E-state index contributed by atoms with van der Waals surface area (Å²) in [4.78, 5) is 12.5. The molecule has 9 heteroatoms. The van der Waals surface area contributed by atoms with Crippen LogP contribution in [-0.4, -0.2) is 38.1 Å². The third-order valence-electron chi connectivity index (χ3n) is 5.47. The van der Waals surface area contributed by atoms with Crippen LogP contribution in [0.3, 0.4) is 0 Å². The minimum absolute atomic E-state index is 0.00126. The maximum Gasteiger partial charge on any atom is 0.251 e. The molecule has 5 nitrogen and oxygen atoms in total. The summed E-state index contributed by atoms with van der Waals surface area (Å²) >= 11 is 14.4. The van der Waals surface area contributed by atoms with Crippen LogP contribution in [0.15, 0.2) is 42.5 Å². The molecule has 1 aliphatic rings. The van der Waals surface area contributed by atoms with Gasteiger partial charge in [0.25, 0.3) is 5.91 Å². The lowest BCUT2D eigenvalue weighted by atomic mass is 10.0. The number of halogens is 2. The van der Waals surface area contributed by atoms with Gasteiger partial charge in [-0.05, 0) is 49.2 Å². The van der Waals surface area contributed by atoms with Gasteiger partial charge in [-0.2, -0.15) is 11.8 Å². The quantitative estimate of drug-likeness (QED) is 0.432. The van der Waals surface area contributed by atoms with E-state index in [1.165, 1.54) is 36.4 Å². The first-order valence-corrected chi connectivity index (χ1v) is 14.3. The van der Waals surface area contributed by atoms with Crippen molar-refractivity contribution in [1.29, 1.82) is 0 Å². The largest absolute Gasteiger partial charge is 0.351 e. The fourth-order valence-corrected chi connectivity index (χ4v) is 6.34. The van der Waals surface area contributed by atoms with Gasteiger partial charge in [0.1, 0.15) is 0 Å². The number of nitrogens with zero attached hydrogens (tertiary/aromatic N) is 1. The molecule has 1 aliphatic carbocycles. The van der Waals surface area contributed by atoms with Crippen LogP contribution in [0, 0.1) is 0 Å². The predicted octanol–water partition coefficient (Wildman–Crippen LogP) is 5.76. The molecule has 1 saturated carbocycles. The van der Waals surface area contributed by atoms with Gasteiger partial charge in [0.2, 0.25) is 10.0 Å². The number of carbonyl (C=O) groups excluding carboxylic acids is 1. The molecule has 0 saturated heterocycles. The second kappa shape index (κ2) is 11.6. The molecule has 0 radical (unpaired) electrons. The van der Waals surface area contributed by atoms with Crippen molar-refractivity contribution in [2.45, 2.75) is 43.9 Å². The number of nitrogens with one attached hydrogen (secondary N) is 1. The van der Waals surface area contributed by atoms with Gasteiger partial charge in [0.15, 0.2) is 0 Å². The third-order valence-corrected chi connectivity index (χ3v) is 8.71. The molecule has 1 amide bonds. The van der Waals surface area contributed by atoms with E-state index in [0.717, 1.165) is 12.0 Å². The van der Waals surface area contributed by atoms with Crippen LogP contribution in [0.5, 0.6) is 0 Å². The molecule has 2 aromatic rings. The van der Waals surface area contributed by atoms with E-state index in [-0.39, 0.29) is 12.5 Å². The molecule has 0 bridgehead atoms. The van der Waals surface area contributed by atoms with Crippen molar-refractivity contribution >= 4 is 56.6 Å². The first-order valence-electron chi connectivity index (χ1n) is 10.7. The summed E-state index contributed by atoms with van der Waals surface area (Å²) in [5, 5.41) is 4.45. The molecule has 0 atom stereocenters. The van der Waals surface area contributed by atoms with Gasteiger partial charge >= 0.3 is 0 Å². The Kier molecular flexibility index (Phi) is 9.17. The second-order valence-electron chi connectivity index (χ2n) is 7.90.